The molecule has 0 saturated carbocycles. The van der Waals surface area contributed by atoms with Crippen LogP contribution < -0.4 is 10.6 Å². The number of alkyl halides is 6. The van der Waals surface area contributed by atoms with Crippen molar-refractivity contribution in [2.75, 3.05) is 5.32 Å². The molecule has 1 amide bonds. The zero-order chi connectivity index (χ0) is 16.3. The number of carbonyl (C=O) groups is 1. The summed E-state index contributed by atoms with van der Waals surface area (Å²) in [5, 5.41) is 2.06. The zero-order valence-electron chi connectivity index (χ0n) is 10.5. The molecule has 1 aromatic rings. The number of aromatic nitrogens is 2. The summed E-state index contributed by atoms with van der Waals surface area (Å²) in [4.78, 5) is 17.6. The first kappa shape index (κ1) is 17.0. The molecular weight excluding hydrogens is 306 g/mol. The zero-order valence-corrected chi connectivity index (χ0v) is 10.5. The van der Waals surface area contributed by atoms with E-state index in [1.165, 1.54) is 6.07 Å². The van der Waals surface area contributed by atoms with Gasteiger partial charge in [-0.3, -0.25) is 4.79 Å². The van der Waals surface area contributed by atoms with Gasteiger partial charge in [0.25, 0.3) is 0 Å². The van der Waals surface area contributed by atoms with Crippen molar-refractivity contribution < 1.29 is 31.1 Å². The van der Waals surface area contributed by atoms with Gasteiger partial charge in [-0.1, -0.05) is 6.92 Å². The van der Waals surface area contributed by atoms with E-state index in [4.69, 9.17) is 0 Å². The van der Waals surface area contributed by atoms with Gasteiger partial charge in [0.05, 0.1) is 0 Å². The van der Waals surface area contributed by atoms with Crippen molar-refractivity contribution in [2.45, 2.75) is 31.4 Å². The highest BCUT2D eigenvalue weighted by Crippen LogP contribution is 2.43. The molecule has 0 aliphatic heterocycles. The summed E-state index contributed by atoms with van der Waals surface area (Å²) in [6.45, 7) is 1.12. The predicted molar refractivity (Wildman–Crippen MR) is 58.9 cm³/mol. The van der Waals surface area contributed by atoms with Crippen LogP contribution in [0.15, 0.2) is 18.5 Å². The molecule has 11 heteroatoms. The van der Waals surface area contributed by atoms with E-state index in [-0.39, 0.29) is 0 Å². The maximum Gasteiger partial charge on any atom is 0.439 e. The summed E-state index contributed by atoms with van der Waals surface area (Å²) in [5.41, 5.74) is -4.67. The van der Waals surface area contributed by atoms with Crippen LogP contribution in [-0.2, 0) is 4.79 Å². The van der Waals surface area contributed by atoms with E-state index in [9.17, 15) is 31.1 Å². The Hall–Kier alpha value is -2.07. The summed E-state index contributed by atoms with van der Waals surface area (Å²) >= 11 is 0. The molecule has 118 valence electrons. The van der Waals surface area contributed by atoms with Crippen LogP contribution in [0.1, 0.15) is 13.3 Å². The molecule has 0 bridgehead atoms. The summed E-state index contributed by atoms with van der Waals surface area (Å²) in [7, 11) is 0. The first-order valence-corrected chi connectivity index (χ1v) is 5.53. The van der Waals surface area contributed by atoms with Crippen molar-refractivity contribution in [2.24, 2.45) is 0 Å². The van der Waals surface area contributed by atoms with E-state index >= 15 is 0 Å². The normalized spacial score (nSPS) is 12.9. The van der Waals surface area contributed by atoms with E-state index in [0.29, 0.717) is 0 Å². The minimum Gasteiger partial charge on any atom is -0.318 e. The van der Waals surface area contributed by atoms with E-state index in [1.807, 2.05) is 0 Å². The largest absolute Gasteiger partial charge is 0.439 e. The van der Waals surface area contributed by atoms with Crippen molar-refractivity contribution >= 4 is 11.9 Å². The van der Waals surface area contributed by atoms with Crippen LogP contribution in [0, 0.1) is 0 Å². The van der Waals surface area contributed by atoms with Crippen LogP contribution in [0.3, 0.4) is 0 Å². The second kappa shape index (κ2) is 5.74. The van der Waals surface area contributed by atoms with Gasteiger partial charge in [0.15, 0.2) is 0 Å². The van der Waals surface area contributed by atoms with Gasteiger partial charge in [-0.25, -0.2) is 9.97 Å². The number of hydrogen-bond acceptors (Lipinski definition) is 4. The first-order chi connectivity index (χ1) is 9.53. The Bertz CT molecular complexity index is 473. The Morgan fingerprint density at radius 2 is 1.57 bits per heavy atom. The van der Waals surface area contributed by atoms with Gasteiger partial charge in [-0.15, -0.1) is 0 Å². The molecule has 0 aliphatic carbocycles. The number of nitrogens with zero attached hydrogens (tertiary/aromatic N) is 2. The van der Waals surface area contributed by atoms with E-state index < -0.39 is 36.3 Å². The number of amides is 1. The second-order valence-electron chi connectivity index (χ2n) is 3.84. The van der Waals surface area contributed by atoms with Crippen molar-refractivity contribution in [3.63, 3.8) is 0 Å². The molecule has 0 aromatic carbocycles. The predicted octanol–water partition coefficient (Wildman–Crippen LogP) is 2.24. The lowest BCUT2D eigenvalue weighted by atomic mass is 10.1. The second-order valence-corrected chi connectivity index (χ2v) is 3.84. The van der Waals surface area contributed by atoms with Crippen molar-refractivity contribution in [3.8, 4) is 0 Å². The lowest BCUT2D eigenvalue weighted by Gasteiger charge is -2.38. The van der Waals surface area contributed by atoms with Crippen molar-refractivity contribution in [3.05, 3.63) is 18.5 Å². The van der Waals surface area contributed by atoms with Crippen molar-refractivity contribution in [1.82, 2.24) is 15.3 Å². The van der Waals surface area contributed by atoms with Crippen LogP contribution in [0.4, 0.5) is 32.3 Å². The maximum atomic E-state index is 13.0. The Kier molecular flexibility index (Phi) is 4.64. The third kappa shape index (κ3) is 3.52. The van der Waals surface area contributed by atoms with E-state index in [2.05, 4.69) is 9.97 Å². The summed E-state index contributed by atoms with van der Waals surface area (Å²) in [6.07, 6.45) is -10.4. The van der Waals surface area contributed by atoms with Gasteiger partial charge in [-0.05, 0) is 6.07 Å². The molecule has 1 aromatic heterocycles. The summed E-state index contributed by atoms with van der Waals surface area (Å²) < 4.78 is 78.0. The Morgan fingerprint density at radius 1 is 1.10 bits per heavy atom. The monoisotopic (exact) mass is 316 g/mol. The van der Waals surface area contributed by atoms with Crippen LogP contribution in [-0.4, -0.2) is 33.9 Å². The molecule has 0 unspecified atom stereocenters. The van der Waals surface area contributed by atoms with Crippen LogP contribution in [0.5, 0.6) is 0 Å². The topological polar surface area (TPSA) is 66.9 Å². The fraction of sp³-hybridized carbons (Fsp3) is 0.500. The molecule has 5 nitrogen and oxygen atoms in total. The lowest BCUT2D eigenvalue weighted by molar-refractivity contribution is -0.296. The third-order valence-corrected chi connectivity index (χ3v) is 2.36. The SMILES string of the molecule is CCC(=O)NC(Nc1ncccn1)(C(F)(F)F)C(F)(F)F. The average Bonchev–Trinajstić information content (AvgIpc) is 2.36. The van der Waals surface area contributed by atoms with Gasteiger partial charge in [0, 0.05) is 18.8 Å². The molecule has 0 fully saturated rings. The van der Waals surface area contributed by atoms with E-state index in [0.717, 1.165) is 30.0 Å². The van der Waals surface area contributed by atoms with Gasteiger partial charge in [0.1, 0.15) is 0 Å². The number of halogens is 6. The van der Waals surface area contributed by atoms with Crippen molar-refractivity contribution in [1.29, 1.82) is 0 Å². The molecule has 0 atom stereocenters. The fourth-order valence-corrected chi connectivity index (χ4v) is 1.30. The highest BCUT2D eigenvalue weighted by Gasteiger charge is 2.72. The molecule has 1 rings (SSSR count). The molecule has 0 saturated heterocycles. The molecule has 21 heavy (non-hydrogen) atoms. The number of rotatable bonds is 4. The smallest absolute Gasteiger partial charge is 0.318 e. The minimum absolute atomic E-state index is 0.564. The average molecular weight is 316 g/mol. The highest BCUT2D eigenvalue weighted by molar-refractivity contribution is 5.77. The van der Waals surface area contributed by atoms with Gasteiger partial charge >= 0.3 is 18.0 Å². The standard InChI is InChI=1S/C10H10F6N4O/c1-2-6(21)19-8(9(11,12)13,10(14,15)16)20-7-17-4-3-5-18-7/h3-5H,2H2,1H3,(H,19,21)(H,17,18,20). The number of hydrogen-bond donors (Lipinski definition) is 2. The maximum absolute atomic E-state index is 13.0. The molecule has 1 heterocycles. The Balaban J connectivity index is 3.34. The molecule has 0 radical (unpaired) electrons. The molecular formula is C10H10F6N4O. The van der Waals surface area contributed by atoms with E-state index in [1.54, 1.807) is 0 Å². The Labute approximate surface area is 114 Å². The van der Waals surface area contributed by atoms with Gasteiger partial charge in [-0.2, -0.15) is 26.3 Å². The number of nitrogens with one attached hydrogen (secondary N) is 2. The molecule has 0 aliphatic rings. The number of carbonyl (C=O) groups excluding carboxylic acids is 1. The lowest BCUT2D eigenvalue weighted by Crippen LogP contribution is -2.72. The Morgan fingerprint density at radius 3 is 1.95 bits per heavy atom. The fourth-order valence-electron chi connectivity index (χ4n) is 1.30. The third-order valence-electron chi connectivity index (χ3n) is 2.36. The first-order valence-electron chi connectivity index (χ1n) is 5.53. The summed E-state index contributed by atoms with van der Waals surface area (Å²) in [6, 6.07) is 1.21. The number of anilines is 1. The quantitative estimate of drug-likeness (QED) is 0.660. The molecule has 2 N–H and O–H groups in total. The molecule has 0 spiro atoms. The van der Waals surface area contributed by atoms with Gasteiger partial charge < -0.3 is 10.6 Å². The van der Waals surface area contributed by atoms with Crippen LogP contribution in [0.25, 0.3) is 0 Å². The summed E-state index contributed by atoms with van der Waals surface area (Å²) in [5.74, 6) is -2.36. The van der Waals surface area contributed by atoms with Crippen LogP contribution >= 0.6 is 0 Å². The van der Waals surface area contributed by atoms with Crippen LogP contribution in [0.2, 0.25) is 0 Å². The minimum atomic E-state index is -5.87. The highest BCUT2D eigenvalue weighted by atomic mass is 19.4. The van der Waals surface area contributed by atoms with Gasteiger partial charge in [0.2, 0.25) is 11.9 Å².